The molecule has 2 aliphatic heterocycles. The van der Waals surface area contributed by atoms with Crippen molar-refractivity contribution in [3.8, 4) is 0 Å². The first-order chi connectivity index (χ1) is 16.6. The smallest absolute Gasteiger partial charge is 0.288 e. The molecule has 1 fully saturated rings. The molecule has 0 aliphatic carbocycles. The van der Waals surface area contributed by atoms with E-state index in [1.54, 1.807) is 0 Å². The van der Waals surface area contributed by atoms with Crippen LogP contribution in [-0.4, -0.2) is 66.5 Å². The summed E-state index contributed by atoms with van der Waals surface area (Å²) in [6.07, 6.45) is 3.49. The largest absolute Gasteiger partial charge is 0.459 e. The molecule has 0 saturated carbocycles. The van der Waals surface area contributed by atoms with Gasteiger partial charge in [-0.1, -0.05) is 54.1 Å². The fourth-order valence-corrected chi connectivity index (χ4v) is 4.51. The maximum Gasteiger partial charge on any atom is 0.288 e. The molecule has 7 heteroatoms. The average Bonchev–Trinajstić information content (AvgIpc) is 2.87. The van der Waals surface area contributed by atoms with E-state index in [0.717, 1.165) is 31.6 Å². The number of amides is 1. The number of hydrogen-bond acceptors (Lipinski definition) is 5. The summed E-state index contributed by atoms with van der Waals surface area (Å²) in [4.78, 5) is 17.6. The SMILES string of the molecule is O=C(C1=C[C@@H](c2ccc(Cl)cc2)C[C@@H](OCCCCO)O1)N1CCN(Cc2ccccc2)CC1. The number of benzene rings is 2. The molecule has 1 saturated heterocycles. The Morgan fingerprint density at radius 1 is 1.03 bits per heavy atom. The van der Waals surface area contributed by atoms with E-state index < -0.39 is 6.29 Å². The van der Waals surface area contributed by atoms with Crippen LogP contribution in [0.25, 0.3) is 0 Å². The van der Waals surface area contributed by atoms with Gasteiger partial charge in [-0.3, -0.25) is 9.69 Å². The Hall–Kier alpha value is -2.38. The third-order valence-electron chi connectivity index (χ3n) is 6.33. The van der Waals surface area contributed by atoms with Gasteiger partial charge in [-0.15, -0.1) is 0 Å². The molecule has 4 rings (SSSR count). The molecule has 182 valence electrons. The molecule has 1 N–H and O–H groups in total. The summed E-state index contributed by atoms with van der Waals surface area (Å²) in [7, 11) is 0. The van der Waals surface area contributed by atoms with Crippen molar-refractivity contribution in [3.05, 3.63) is 82.6 Å². The van der Waals surface area contributed by atoms with Gasteiger partial charge in [0.1, 0.15) is 0 Å². The fraction of sp³-hybridized carbons (Fsp3) is 0.444. The lowest BCUT2D eigenvalue weighted by molar-refractivity contribution is -0.154. The predicted octanol–water partition coefficient (Wildman–Crippen LogP) is 4.19. The monoisotopic (exact) mass is 484 g/mol. The van der Waals surface area contributed by atoms with Gasteiger partial charge >= 0.3 is 0 Å². The molecule has 2 aromatic carbocycles. The summed E-state index contributed by atoms with van der Waals surface area (Å²) in [6, 6.07) is 18.1. The number of unbranched alkanes of at least 4 members (excludes halogenated alkanes) is 1. The molecule has 34 heavy (non-hydrogen) atoms. The van der Waals surface area contributed by atoms with Crippen molar-refractivity contribution in [2.75, 3.05) is 39.4 Å². The lowest BCUT2D eigenvalue weighted by Crippen LogP contribution is -2.49. The minimum Gasteiger partial charge on any atom is -0.459 e. The van der Waals surface area contributed by atoms with Gasteiger partial charge < -0.3 is 19.5 Å². The highest BCUT2D eigenvalue weighted by atomic mass is 35.5. The molecular formula is C27H33ClN2O4. The summed E-state index contributed by atoms with van der Waals surface area (Å²) in [5.74, 6) is 0.282. The van der Waals surface area contributed by atoms with Gasteiger partial charge in [0.15, 0.2) is 5.76 Å². The lowest BCUT2D eigenvalue weighted by Gasteiger charge is -2.36. The number of piperazine rings is 1. The van der Waals surface area contributed by atoms with Crippen molar-refractivity contribution >= 4 is 17.5 Å². The Bertz CT molecular complexity index is 943. The molecule has 2 atom stereocenters. The number of nitrogens with zero attached hydrogens (tertiary/aromatic N) is 2. The minimum absolute atomic E-state index is 0.00665. The standard InChI is InChI=1S/C27H33ClN2O4/c28-24-10-8-22(9-11-24)23-18-25(34-26(19-23)33-17-5-4-16-31)27(32)30-14-12-29(13-15-30)20-21-6-2-1-3-7-21/h1-3,6-11,18,23,26,31H,4-5,12-17,19-20H2/t23-,26+/m1/s1. The zero-order chi connectivity index (χ0) is 23.8. The van der Waals surface area contributed by atoms with Crippen molar-refractivity contribution < 1.29 is 19.4 Å². The average molecular weight is 485 g/mol. The number of rotatable bonds is 9. The Kier molecular flexibility index (Phi) is 8.99. The Labute approximate surface area is 206 Å². The van der Waals surface area contributed by atoms with Crippen molar-refractivity contribution in [1.82, 2.24) is 9.80 Å². The number of aliphatic hydroxyl groups is 1. The summed E-state index contributed by atoms with van der Waals surface area (Å²) >= 11 is 6.07. The number of allylic oxidation sites excluding steroid dienone is 1. The van der Waals surface area contributed by atoms with Crippen LogP contribution in [-0.2, 0) is 20.8 Å². The summed E-state index contributed by atoms with van der Waals surface area (Å²) < 4.78 is 12.0. The highest BCUT2D eigenvalue weighted by Gasteiger charge is 2.32. The first kappa shape index (κ1) is 24.7. The zero-order valence-electron chi connectivity index (χ0n) is 19.4. The molecule has 2 aromatic rings. The van der Waals surface area contributed by atoms with Crippen molar-refractivity contribution in [1.29, 1.82) is 0 Å². The molecule has 1 amide bonds. The van der Waals surface area contributed by atoms with E-state index in [1.807, 2.05) is 41.3 Å². The lowest BCUT2D eigenvalue weighted by atomic mass is 9.93. The number of carbonyl (C=O) groups excluding carboxylic acids is 1. The van der Waals surface area contributed by atoms with Crippen molar-refractivity contribution in [2.45, 2.75) is 38.0 Å². The third-order valence-corrected chi connectivity index (χ3v) is 6.58. The van der Waals surface area contributed by atoms with E-state index in [0.29, 0.717) is 43.3 Å². The van der Waals surface area contributed by atoms with Gasteiger partial charge in [0.05, 0.1) is 6.61 Å². The van der Waals surface area contributed by atoms with Gasteiger partial charge in [0.25, 0.3) is 5.91 Å². The highest BCUT2D eigenvalue weighted by molar-refractivity contribution is 6.30. The predicted molar refractivity (Wildman–Crippen MR) is 132 cm³/mol. The Balaban J connectivity index is 1.40. The van der Waals surface area contributed by atoms with Crippen LogP contribution in [0.15, 0.2) is 66.4 Å². The van der Waals surface area contributed by atoms with Gasteiger partial charge in [0, 0.05) is 56.7 Å². The van der Waals surface area contributed by atoms with Crippen LogP contribution < -0.4 is 0 Å². The maximum absolute atomic E-state index is 13.4. The fourth-order valence-electron chi connectivity index (χ4n) is 4.39. The molecular weight excluding hydrogens is 452 g/mol. The van der Waals surface area contributed by atoms with Crippen molar-refractivity contribution in [3.63, 3.8) is 0 Å². The minimum atomic E-state index is -0.498. The van der Waals surface area contributed by atoms with E-state index in [-0.39, 0.29) is 18.4 Å². The quantitative estimate of drug-likeness (QED) is 0.541. The zero-order valence-corrected chi connectivity index (χ0v) is 20.2. The van der Waals surface area contributed by atoms with Crippen LogP contribution >= 0.6 is 11.6 Å². The van der Waals surface area contributed by atoms with Gasteiger partial charge in [-0.05, 0) is 42.2 Å². The van der Waals surface area contributed by atoms with E-state index in [1.165, 1.54) is 5.56 Å². The van der Waals surface area contributed by atoms with E-state index in [2.05, 4.69) is 29.2 Å². The summed E-state index contributed by atoms with van der Waals surface area (Å²) in [5.41, 5.74) is 2.36. The van der Waals surface area contributed by atoms with E-state index in [4.69, 9.17) is 26.2 Å². The normalized spacial score (nSPS) is 21.1. The van der Waals surface area contributed by atoms with Crippen molar-refractivity contribution in [2.24, 2.45) is 0 Å². The van der Waals surface area contributed by atoms with E-state index >= 15 is 0 Å². The molecule has 2 aliphatic rings. The number of aliphatic hydroxyl groups excluding tert-OH is 1. The Morgan fingerprint density at radius 3 is 2.47 bits per heavy atom. The number of ether oxygens (including phenoxy) is 2. The maximum atomic E-state index is 13.4. The second-order valence-corrected chi connectivity index (χ2v) is 9.26. The molecule has 0 spiro atoms. The molecule has 0 bridgehead atoms. The van der Waals surface area contributed by atoms with Crippen LogP contribution in [0.4, 0.5) is 0 Å². The second-order valence-electron chi connectivity index (χ2n) is 8.83. The second kappa shape index (κ2) is 12.4. The Morgan fingerprint density at radius 2 is 1.76 bits per heavy atom. The first-order valence-corrected chi connectivity index (χ1v) is 12.4. The number of hydrogen-bond donors (Lipinski definition) is 1. The molecule has 2 heterocycles. The van der Waals surface area contributed by atoms with Crippen LogP contribution in [0.2, 0.25) is 5.02 Å². The highest BCUT2D eigenvalue weighted by Crippen LogP contribution is 2.33. The number of carbonyl (C=O) groups is 1. The van der Waals surface area contributed by atoms with Gasteiger partial charge in [-0.2, -0.15) is 0 Å². The van der Waals surface area contributed by atoms with Crippen LogP contribution in [0.3, 0.4) is 0 Å². The molecule has 0 radical (unpaired) electrons. The summed E-state index contributed by atoms with van der Waals surface area (Å²) in [5, 5.41) is 9.70. The van der Waals surface area contributed by atoms with Crippen LogP contribution in [0.1, 0.15) is 36.3 Å². The van der Waals surface area contributed by atoms with E-state index in [9.17, 15) is 4.79 Å². The molecule has 0 unspecified atom stereocenters. The molecule has 0 aromatic heterocycles. The first-order valence-electron chi connectivity index (χ1n) is 12.0. The van der Waals surface area contributed by atoms with Crippen LogP contribution in [0, 0.1) is 0 Å². The molecule has 6 nitrogen and oxygen atoms in total. The summed E-state index contributed by atoms with van der Waals surface area (Å²) in [6.45, 7) is 4.51. The van der Waals surface area contributed by atoms with Gasteiger partial charge in [-0.25, -0.2) is 0 Å². The number of halogens is 1. The topological polar surface area (TPSA) is 62.2 Å². The van der Waals surface area contributed by atoms with Gasteiger partial charge in [0.2, 0.25) is 6.29 Å². The van der Waals surface area contributed by atoms with Crippen LogP contribution in [0.5, 0.6) is 0 Å². The third kappa shape index (κ3) is 6.83.